The number of hydrogen-bond acceptors (Lipinski definition) is 4. The van der Waals surface area contributed by atoms with Crippen LogP contribution in [-0.2, 0) is 0 Å². The zero-order chi connectivity index (χ0) is 19.7. The van der Waals surface area contributed by atoms with Crippen molar-refractivity contribution in [1.82, 2.24) is 4.90 Å². The number of benzene rings is 1. The zero-order valence-corrected chi connectivity index (χ0v) is 16.5. The molecule has 0 aromatic heterocycles. The van der Waals surface area contributed by atoms with E-state index in [1.165, 1.54) is 18.5 Å². The molecule has 0 atom stereocenters. The van der Waals surface area contributed by atoms with E-state index >= 15 is 0 Å². The summed E-state index contributed by atoms with van der Waals surface area (Å²) in [5.41, 5.74) is 1.51. The highest BCUT2D eigenvalue weighted by Crippen LogP contribution is 2.29. The molecule has 1 aromatic carbocycles. The fraction of sp³-hybridized carbons (Fsp3) is 0.400. The van der Waals surface area contributed by atoms with Gasteiger partial charge < -0.3 is 15.0 Å². The van der Waals surface area contributed by atoms with Crippen molar-refractivity contribution in [1.29, 1.82) is 0 Å². The second-order valence-corrected chi connectivity index (χ2v) is 6.28. The van der Waals surface area contributed by atoms with Gasteiger partial charge >= 0.3 is 0 Å². The van der Waals surface area contributed by atoms with Gasteiger partial charge in [-0.25, -0.2) is 9.38 Å². The number of anilines is 1. The molecule has 0 spiro atoms. The fourth-order valence-corrected chi connectivity index (χ4v) is 2.35. The Kier molecular flexibility index (Phi) is 8.55. The molecule has 142 valence electrons. The molecule has 1 rings (SSSR count). The number of hydrogen-bond donors (Lipinski definition) is 1. The highest BCUT2D eigenvalue weighted by atomic mass is 19.1. The van der Waals surface area contributed by atoms with Crippen LogP contribution in [0.3, 0.4) is 0 Å². The summed E-state index contributed by atoms with van der Waals surface area (Å²) < 4.78 is 19.4. The maximum Gasteiger partial charge on any atom is 0.151 e. The van der Waals surface area contributed by atoms with Crippen molar-refractivity contribution in [2.75, 3.05) is 5.32 Å². The Labute approximate surface area is 156 Å². The van der Waals surface area contributed by atoms with Gasteiger partial charge in [0.1, 0.15) is 17.9 Å². The molecule has 5 nitrogen and oxygen atoms in total. The Morgan fingerprint density at radius 1 is 1.31 bits per heavy atom. The van der Waals surface area contributed by atoms with Crippen molar-refractivity contribution in [2.45, 2.75) is 53.7 Å². The standard InChI is InChI=1S/C20H29FN4O/c1-8-11-25(14(2)3)16(6)20(23-13-22-7)24-18-10-9-17(21)12-19(18)26-15(4)5/h8-15,24H,7H2,1-6H3/b11-8-,20-16-,23-13?. The zero-order valence-electron chi connectivity index (χ0n) is 16.5. The smallest absolute Gasteiger partial charge is 0.151 e. The summed E-state index contributed by atoms with van der Waals surface area (Å²) in [6.45, 7) is 15.3. The van der Waals surface area contributed by atoms with Crippen LogP contribution in [0.4, 0.5) is 10.1 Å². The third-order valence-electron chi connectivity index (χ3n) is 3.42. The van der Waals surface area contributed by atoms with Crippen molar-refractivity contribution < 1.29 is 9.13 Å². The van der Waals surface area contributed by atoms with Gasteiger partial charge in [0.15, 0.2) is 5.82 Å². The third-order valence-corrected chi connectivity index (χ3v) is 3.42. The van der Waals surface area contributed by atoms with E-state index in [1.54, 1.807) is 6.07 Å². The maximum absolute atomic E-state index is 13.6. The van der Waals surface area contributed by atoms with Crippen molar-refractivity contribution in [3.8, 4) is 5.75 Å². The monoisotopic (exact) mass is 360 g/mol. The topological polar surface area (TPSA) is 49.2 Å². The van der Waals surface area contributed by atoms with E-state index in [0.29, 0.717) is 17.3 Å². The molecule has 0 aliphatic rings. The number of halogens is 1. The van der Waals surface area contributed by atoms with E-state index in [9.17, 15) is 4.39 Å². The van der Waals surface area contributed by atoms with E-state index < -0.39 is 0 Å². The van der Waals surface area contributed by atoms with Gasteiger partial charge in [-0.3, -0.25) is 4.99 Å². The molecule has 0 fully saturated rings. The van der Waals surface area contributed by atoms with E-state index in [0.717, 1.165) is 5.70 Å². The van der Waals surface area contributed by atoms with Gasteiger partial charge in [0.25, 0.3) is 0 Å². The predicted molar refractivity (Wildman–Crippen MR) is 108 cm³/mol. The molecular weight excluding hydrogens is 331 g/mol. The first-order valence-electron chi connectivity index (χ1n) is 8.63. The van der Waals surface area contributed by atoms with Crippen LogP contribution < -0.4 is 10.1 Å². The SMILES string of the molecule is C=NC=N/C(Nc1ccc(F)cc1OC(C)C)=C(\C)N(/C=C\C)C(C)C. The third kappa shape index (κ3) is 6.35. The minimum atomic E-state index is -0.359. The summed E-state index contributed by atoms with van der Waals surface area (Å²) in [5.74, 6) is 0.640. The van der Waals surface area contributed by atoms with E-state index in [-0.39, 0.29) is 18.0 Å². The minimum Gasteiger partial charge on any atom is -0.489 e. The Morgan fingerprint density at radius 2 is 2.00 bits per heavy atom. The second kappa shape index (κ2) is 10.4. The average molecular weight is 360 g/mol. The molecule has 0 heterocycles. The number of allylic oxidation sites excluding steroid dienone is 2. The molecule has 0 amide bonds. The lowest BCUT2D eigenvalue weighted by Gasteiger charge is -2.27. The molecule has 0 radical (unpaired) electrons. The maximum atomic E-state index is 13.6. The summed E-state index contributed by atoms with van der Waals surface area (Å²) in [6, 6.07) is 4.60. The van der Waals surface area contributed by atoms with Crippen LogP contribution in [0.1, 0.15) is 41.5 Å². The molecule has 1 N–H and O–H groups in total. The largest absolute Gasteiger partial charge is 0.489 e. The van der Waals surface area contributed by atoms with Gasteiger partial charge in [-0.05, 0) is 66.6 Å². The predicted octanol–water partition coefficient (Wildman–Crippen LogP) is 5.19. The average Bonchev–Trinajstić information content (AvgIpc) is 2.56. The normalized spacial score (nSPS) is 12.8. The van der Waals surface area contributed by atoms with Crippen molar-refractivity contribution >= 4 is 18.7 Å². The van der Waals surface area contributed by atoms with Gasteiger partial charge in [0, 0.05) is 12.1 Å². The van der Waals surface area contributed by atoms with Crippen LogP contribution in [0.15, 0.2) is 52.0 Å². The molecule has 26 heavy (non-hydrogen) atoms. The summed E-state index contributed by atoms with van der Waals surface area (Å²) in [5, 5.41) is 3.24. The number of rotatable bonds is 9. The van der Waals surface area contributed by atoms with Crippen LogP contribution in [-0.4, -0.2) is 30.1 Å². The number of nitrogens with one attached hydrogen (secondary N) is 1. The Balaban J connectivity index is 3.37. The van der Waals surface area contributed by atoms with Crippen LogP contribution in [0, 0.1) is 5.82 Å². The van der Waals surface area contributed by atoms with Gasteiger partial charge in [-0.15, -0.1) is 0 Å². The quantitative estimate of drug-likeness (QED) is 0.487. The molecule has 0 saturated carbocycles. The van der Waals surface area contributed by atoms with Crippen LogP contribution in [0.5, 0.6) is 5.75 Å². The van der Waals surface area contributed by atoms with Crippen molar-refractivity contribution in [3.05, 3.63) is 47.8 Å². The van der Waals surface area contributed by atoms with E-state index in [4.69, 9.17) is 4.74 Å². The van der Waals surface area contributed by atoms with E-state index in [1.807, 2.05) is 40.0 Å². The first-order chi connectivity index (χ1) is 12.3. The molecule has 0 bridgehead atoms. The lowest BCUT2D eigenvalue weighted by molar-refractivity contribution is 0.242. The molecule has 0 aliphatic carbocycles. The molecule has 1 aromatic rings. The highest BCUT2D eigenvalue weighted by molar-refractivity contribution is 5.66. The first-order valence-corrected chi connectivity index (χ1v) is 8.63. The summed E-state index contributed by atoms with van der Waals surface area (Å²) in [7, 11) is 0. The van der Waals surface area contributed by atoms with Crippen LogP contribution in [0.2, 0.25) is 0 Å². The second-order valence-electron chi connectivity index (χ2n) is 6.28. The number of nitrogens with zero attached hydrogens (tertiary/aromatic N) is 3. The lowest BCUT2D eigenvalue weighted by atomic mass is 10.2. The van der Waals surface area contributed by atoms with Gasteiger partial charge in [-0.1, -0.05) is 6.08 Å². The summed E-state index contributed by atoms with van der Waals surface area (Å²) in [6.07, 6.45) is 5.22. The molecule has 0 aliphatic heterocycles. The Hall–Kier alpha value is -2.63. The summed E-state index contributed by atoms with van der Waals surface area (Å²) in [4.78, 5) is 10.1. The van der Waals surface area contributed by atoms with Gasteiger partial charge in [-0.2, -0.15) is 0 Å². The van der Waals surface area contributed by atoms with Crippen LogP contribution in [0.25, 0.3) is 0 Å². The first kappa shape index (κ1) is 21.4. The fourth-order valence-electron chi connectivity index (χ4n) is 2.35. The van der Waals surface area contributed by atoms with Gasteiger partial charge in [0.2, 0.25) is 0 Å². The molecule has 0 unspecified atom stereocenters. The van der Waals surface area contributed by atoms with Crippen LogP contribution >= 0.6 is 0 Å². The van der Waals surface area contributed by atoms with Crippen molar-refractivity contribution in [3.63, 3.8) is 0 Å². The minimum absolute atomic E-state index is 0.0839. The Bertz CT molecular complexity index is 693. The van der Waals surface area contributed by atoms with E-state index in [2.05, 4.69) is 40.8 Å². The highest BCUT2D eigenvalue weighted by Gasteiger charge is 2.14. The number of ether oxygens (including phenoxy) is 1. The summed E-state index contributed by atoms with van der Waals surface area (Å²) >= 11 is 0. The lowest BCUT2D eigenvalue weighted by Crippen LogP contribution is -2.25. The Morgan fingerprint density at radius 3 is 2.54 bits per heavy atom. The number of aliphatic imine (C=N–C) groups is 2. The molecule has 6 heteroatoms. The molecular formula is C20H29FN4O. The molecule has 0 saturated heterocycles. The van der Waals surface area contributed by atoms with Crippen molar-refractivity contribution in [2.24, 2.45) is 9.98 Å². The van der Waals surface area contributed by atoms with Gasteiger partial charge in [0.05, 0.1) is 17.5 Å².